The van der Waals surface area contributed by atoms with Gasteiger partial charge in [0.15, 0.2) is 11.3 Å². The van der Waals surface area contributed by atoms with Crippen molar-refractivity contribution in [2.24, 2.45) is 0 Å². The highest BCUT2D eigenvalue weighted by molar-refractivity contribution is 5.96. The largest absolute Gasteiger partial charge is 0.467 e. The summed E-state index contributed by atoms with van der Waals surface area (Å²) in [5.41, 5.74) is 5.99. The highest BCUT2D eigenvalue weighted by atomic mass is 16.5. The average Bonchev–Trinajstić information content (AvgIpc) is 3.56. The molecule has 0 unspecified atom stereocenters. The topological polar surface area (TPSA) is 135 Å². The number of pyridine rings is 1. The van der Waals surface area contributed by atoms with Crippen LogP contribution < -0.4 is 15.4 Å². The van der Waals surface area contributed by atoms with Gasteiger partial charge in [0.05, 0.1) is 12.8 Å². The minimum atomic E-state index is -0.128. The number of aromatic nitrogens is 7. The van der Waals surface area contributed by atoms with Gasteiger partial charge >= 0.3 is 6.01 Å². The Morgan fingerprint density at radius 1 is 1.16 bits per heavy atom. The Bertz CT molecular complexity index is 1370. The first-order valence-corrected chi connectivity index (χ1v) is 12.7. The number of amides is 1. The molecule has 4 heterocycles. The molecule has 5 rings (SSSR count). The van der Waals surface area contributed by atoms with Crippen molar-refractivity contribution < 1.29 is 9.53 Å². The highest BCUT2D eigenvalue weighted by Gasteiger charge is 2.27. The molecule has 1 amide bonds. The van der Waals surface area contributed by atoms with Crippen LogP contribution in [0.2, 0.25) is 0 Å². The Morgan fingerprint density at radius 3 is 2.59 bits per heavy atom. The normalized spacial score (nSPS) is 17.9. The smallest absolute Gasteiger partial charge is 0.316 e. The lowest BCUT2D eigenvalue weighted by Gasteiger charge is -2.29. The Labute approximate surface area is 215 Å². The maximum atomic E-state index is 13.3. The number of fused-ring (bicyclic) bond motifs is 1. The second-order valence-electron chi connectivity index (χ2n) is 9.94. The molecule has 11 heteroatoms. The summed E-state index contributed by atoms with van der Waals surface area (Å²) in [6.45, 7) is 6.87. The van der Waals surface area contributed by atoms with Crippen molar-refractivity contribution >= 4 is 11.6 Å². The standard InChI is InChI=1S/C26H33N9O2/c1-15(2)21-22(18-9-16(3)24-30-14-31-35(24)13-18)33-34-23(21)25(36)32-20-7-5-19(6-8-20)27-10-17-11-28-26(37-4)29-12-17/h9,11-15,19-20,27H,5-8,10H2,1-4H3,(H,32,36)(H,33,34)/t19-,20+. The lowest BCUT2D eigenvalue weighted by molar-refractivity contribution is 0.0917. The van der Waals surface area contributed by atoms with Crippen LogP contribution in [0.25, 0.3) is 16.9 Å². The molecule has 1 saturated carbocycles. The summed E-state index contributed by atoms with van der Waals surface area (Å²) >= 11 is 0. The molecule has 37 heavy (non-hydrogen) atoms. The second-order valence-corrected chi connectivity index (χ2v) is 9.94. The van der Waals surface area contributed by atoms with Gasteiger partial charge in [0.25, 0.3) is 5.91 Å². The van der Waals surface area contributed by atoms with Crippen LogP contribution in [-0.2, 0) is 6.54 Å². The molecule has 0 saturated heterocycles. The summed E-state index contributed by atoms with van der Waals surface area (Å²) in [5.74, 6) is -0.0142. The lowest BCUT2D eigenvalue weighted by Crippen LogP contribution is -2.42. The minimum Gasteiger partial charge on any atom is -0.467 e. The molecule has 1 aliphatic rings. The number of H-pyrrole nitrogens is 1. The Kier molecular flexibility index (Phi) is 7.13. The van der Waals surface area contributed by atoms with Crippen molar-refractivity contribution in [2.45, 2.75) is 71.0 Å². The number of aryl methyl sites for hydroxylation is 1. The fraction of sp³-hybridized carbons (Fsp3) is 0.462. The predicted molar refractivity (Wildman–Crippen MR) is 138 cm³/mol. The van der Waals surface area contributed by atoms with Crippen LogP contribution >= 0.6 is 0 Å². The number of ether oxygens (including phenoxy) is 1. The maximum absolute atomic E-state index is 13.3. The predicted octanol–water partition coefficient (Wildman–Crippen LogP) is 3.18. The number of aromatic amines is 1. The van der Waals surface area contributed by atoms with E-state index >= 15 is 0 Å². The third-order valence-corrected chi connectivity index (χ3v) is 6.97. The number of carbonyl (C=O) groups excluding carboxylic acids is 1. The quantitative estimate of drug-likeness (QED) is 0.334. The van der Waals surface area contributed by atoms with Gasteiger partial charge in [-0.2, -0.15) is 10.2 Å². The van der Waals surface area contributed by atoms with E-state index in [1.807, 2.05) is 13.1 Å². The fourth-order valence-corrected chi connectivity index (χ4v) is 5.03. The maximum Gasteiger partial charge on any atom is 0.316 e. The van der Waals surface area contributed by atoms with E-state index in [2.05, 4.69) is 60.8 Å². The van der Waals surface area contributed by atoms with E-state index in [0.29, 0.717) is 24.3 Å². The average molecular weight is 504 g/mol. The van der Waals surface area contributed by atoms with Crippen molar-refractivity contribution in [1.29, 1.82) is 0 Å². The number of methoxy groups -OCH3 is 1. The molecule has 194 valence electrons. The van der Waals surface area contributed by atoms with Crippen molar-refractivity contribution in [3.63, 3.8) is 0 Å². The monoisotopic (exact) mass is 503 g/mol. The molecule has 4 aromatic rings. The molecular formula is C26H33N9O2. The van der Waals surface area contributed by atoms with Gasteiger partial charge in [-0.25, -0.2) is 19.5 Å². The van der Waals surface area contributed by atoms with Gasteiger partial charge in [-0.1, -0.05) is 13.8 Å². The van der Waals surface area contributed by atoms with E-state index in [1.54, 1.807) is 30.3 Å². The van der Waals surface area contributed by atoms with E-state index < -0.39 is 0 Å². The molecule has 1 fully saturated rings. The van der Waals surface area contributed by atoms with Crippen LogP contribution in [0.1, 0.15) is 72.6 Å². The zero-order valence-electron chi connectivity index (χ0n) is 21.7. The van der Waals surface area contributed by atoms with Gasteiger partial charge in [0.2, 0.25) is 0 Å². The van der Waals surface area contributed by atoms with Gasteiger partial charge < -0.3 is 15.4 Å². The zero-order chi connectivity index (χ0) is 25.9. The van der Waals surface area contributed by atoms with E-state index in [-0.39, 0.29) is 17.9 Å². The van der Waals surface area contributed by atoms with Gasteiger partial charge in [-0.3, -0.25) is 9.89 Å². The first-order valence-electron chi connectivity index (χ1n) is 12.7. The summed E-state index contributed by atoms with van der Waals surface area (Å²) in [7, 11) is 1.56. The lowest BCUT2D eigenvalue weighted by atomic mass is 9.90. The van der Waals surface area contributed by atoms with E-state index in [1.165, 1.54) is 0 Å². The summed E-state index contributed by atoms with van der Waals surface area (Å²) in [4.78, 5) is 25.9. The number of nitrogens with one attached hydrogen (secondary N) is 3. The summed E-state index contributed by atoms with van der Waals surface area (Å²) in [5, 5.41) is 18.7. The molecule has 0 aliphatic heterocycles. The van der Waals surface area contributed by atoms with Gasteiger partial charge in [0, 0.05) is 53.9 Å². The van der Waals surface area contributed by atoms with Crippen molar-refractivity contribution in [3.8, 4) is 17.3 Å². The highest BCUT2D eigenvalue weighted by Crippen LogP contribution is 2.31. The van der Waals surface area contributed by atoms with E-state index in [9.17, 15) is 4.79 Å². The molecule has 11 nitrogen and oxygen atoms in total. The molecule has 0 aromatic carbocycles. The van der Waals surface area contributed by atoms with Crippen molar-refractivity contribution in [3.05, 3.63) is 53.4 Å². The molecule has 1 aliphatic carbocycles. The Hall–Kier alpha value is -3.86. The summed E-state index contributed by atoms with van der Waals surface area (Å²) < 4.78 is 6.76. The number of hydrogen-bond donors (Lipinski definition) is 3. The van der Waals surface area contributed by atoms with Gasteiger partial charge in [0.1, 0.15) is 6.33 Å². The SMILES string of the molecule is COc1ncc(CN[C@H]2CC[C@@H](NC(=O)c3n[nH]c(-c4cc(C)c5ncnn5c4)c3C(C)C)CC2)cn1. The number of rotatable bonds is 8. The van der Waals surface area contributed by atoms with Crippen LogP contribution in [-0.4, -0.2) is 59.9 Å². The molecule has 0 bridgehead atoms. The number of nitrogens with zero attached hydrogens (tertiary/aromatic N) is 6. The van der Waals surface area contributed by atoms with E-state index in [4.69, 9.17) is 4.74 Å². The molecule has 4 aromatic heterocycles. The minimum absolute atomic E-state index is 0.114. The molecular weight excluding hydrogens is 470 g/mol. The van der Waals surface area contributed by atoms with Gasteiger partial charge in [-0.05, 0) is 50.2 Å². The molecule has 0 atom stereocenters. The number of hydrogen-bond acceptors (Lipinski definition) is 8. The third kappa shape index (κ3) is 5.31. The van der Waals surface area contributed by atoms with Crippen LogP contribution in [0.4, 0.5) is 0 Å². The van der Waals surface area contributed by atoms with E-state index in [0.717, 1.165) is 59.3 Å². The first kappa shape index (κ1) is 24.8. The summed E-state index contributed by atoms with van der Waals surface area (Å²) in [6, 6.07) is 2.95. The Morgan fingerprint density at radius 2 is 1.89 bits per heavy atom. The summed E-state index contributed by atoms with van der Waals surface area (Å²) in [6.07, 6.45) is 10.8. The van der Waals surface area contributed by atoms with Crippen molar-refractivity contribution in [2.75, 3.05) is 7.11 Å². The third-order valence-electron chi connectivity index (χ3n) is 6.97. The van der Waals surface area contributed by atoms with Crippen LogP contribution in [0.3, 0.4) is 0 Å². The van der Waals surface area contributed by atoms with Crippen LogP contribution in [0.15, 0.2) is 31.0 Å². The Balaban J connectivity index is 1.21. The molecule has 3 N–H and O–H groups in total. The molecule has 0 spiro atoms. The van der Waals surface area contributed by atoms with Gasteiger partial charge in [-0.15, -0.1) is 0 Å². The fourth-order valence-electron chi connectivity index (χ4n) is 5.03. The van der Waals surface area contributed by atoms with Crippen LogP contribution in [0.5, 0.6) is 6.01 Å². The zero-order valence-corrected chi connectivity index (χ0v) is 21.7. The molecule has 0 radical (unpaired) electrons. The van der Waals surface area contributed by atoms with Crippen LogP contribution in [0, 0.1) is 6.92 Å². The van der Waals surface area contributed by atoms with Crippen molar-refractivity contribution in [1.82, 2.24) is 45.4 Å². The second kappa shape index (κ2) is 10.6. The number of carbonyl (C=O) groups is 1. The first-order chi connectivity index (χ1) is 17.9.